The lowest BCUT2D eigenvalue weighted by molar-refractivity contribution is -0.152. The summed E-state index contributed by atoms with van der Waals surface area (Å²) in [5, 5.41) is 12.5. The molecule has 0 spiro atoms. The van der Waals surface area contributed by atoms with Crippen LogP contribution in [0.2, 0.25) is 10.0 Å². The molecule has 1 aromatic rings. The number of hydrogen-bond donors (Lipinski definition) is 1. The van der Waals surface area contributed by atoms with Crippen LogP contribution in [0.15, 0.2) is 18.2 Å². The summed E-state index contributed by atoms with van der Waals surface area (Å²) in [4.78, 5) is 0. The van der Waals surface area contributed by atoms with E-state index < -0.39 is 0 Å². The number of fused-ring (bicyclic) bond motifs is 5. The molecule has 0 radical (unpaired) electrons. The maximum atomic E-state index is 11.2. The summed E-state index contributed by atoms with van der Waals surface area (Å²) in [7, 11) is 0. The van der Waals surface area contributed by atoms with Crippen molar-refractivity contribution in [3.63, 3.8) is 0 Å². The van der Waals surface area contributed by atoms with Crippen LogP contribution < -0.4 is 0 Å². The van der Waals surface area contributed by atoms with Gasteiger partial charge in [-0.2, -0.15) is 0 Å². The Hall–Kier alpha value is -0.240. The van der Waals surface area contributed by atoms with Gasteiger partial charge in [0.05, 0.1) is 16.1 Å². The van der Waals surface area contributed by atoms with E-state index in [1.165, 1.54) is 69.8 Å². The molecule has 3 heteroatoms. The van der Waals surface area contributed by atoms with E-state index in [1.807, 2.05) is 12.1 Å². The minimum absolute atomic E-state index is 0.194. The van der Waals surface area contributed by atoms with Gasteiger partial charge >= 0.3 is 0 Å². The van der Waals surface area contributed by atoms with Gasteiger partial charge in [-0.25, -0.2) is 0 Å². The fourth-order valence-corrected chi connectivity index (χ4v) is 11.1. The molecule has 37 heavy (non-hydrogen) atoms. The quantitative estimate of drug-likeness (QED) is 0.360. The van der Waals surface area contributed by atoms with Crippen LogP contribution in [0.3, 0.4) is 0 Å². The van der Waals surface area contributed by atoms with Crippen LogP contribution in [-0.4, -0.2) is 11.2 Å². The third-order valence-corrected chi connectivity index (χ3v) is 13.3. The molecule has 0 saturated heterocycles. The van der Waals surface area contributed by atoms with Crippen molar-refractivity contribution in [1.29, 1.82) is 0 Å². The number of hydrogen-bond acceptors (Lipinski definition) is 1. The molecule has 1 aromatic carbocycles. The first kappa shape index (κ1) is 28.3. The van der Waals surface area contributed by atoms with Gasteiger partial charge in [0.1, 0.15) is 0 Å². The highest BCUT2D eigenvalue weighted by atomic mass is 35.5. The molecule has 4 unspecified atom stereocenters. The average Bonchev–Trinajstić information content (AvgIpc) is 3.20. The summed E-state index contributed by atoms with van der Waals surface area (Å²) < 4.78 is 0. The molecule has 1 N–H and O–H groups in total. The lowest BCUT2D eigenvalue weighted by Crippen LogP contribution is -2.57. The average molecular weight is 548 g/mol. The Morgan fingerprint density at radius 3 is 2.27 bits per heavy atom. The maximum absolute atomic E-state index is 11.2. The molecule has 208 valence electrons. The molecule has 4 aliphatic rings. The fourth-order valence-electron chi connectivity index (χ4n) is 10.7. The zero-order valence-electron chi connectivity index (χ0n) is 24.1. The van der Waals surface area contributed by atoms with Gasteiger partial charge in [0.25, 0.3) is 0 Å². The summed E-state index contributed by atoms with van der Waals surface area (Å²) in [6, 6.07) is 6.07. The second-order valence-corrected chi connectivity index (χ2v) is 15.6. The summed E-state index contributed by atoms with van der Waals surface area (Å²) in [5.41, 5.74) is 2.15. The molecule has 4 aliphatic carbocycles. The Kier molecular flexibility index (Phi) is 8.39. The summed E-state index contributed by atoms with van der Waals surface area (Å²) in [6.45, 7) is 12.7. The van der Waals surface area contributed by atoms with Gasteiger partial charge < -0.3 is 5.11 Å². The number of halogens is 2. The lowest BCUT2D eigenvalue weighted by atomic mass is 9.42. The van der Waals surface area contributed by atoms with Crippen LogP contribution in [0.5, 0.6) is 0 Å². The van der Waals surface area contributed by atoms with E-state index in [4.69, 9.17) is 23.2 Å². The zero-order valence-corrected chi connectivity index (χ0v) is 25.6. The second-order valence-electron chi connectivity index (χ2n) is 14.8. The van der Waals surface area contributed by atoms with Gasteiger partial charge in [-0.15, -0.1) is 0 Å². The minimum Gasteiger partial charge on any atom is -0.393 e. The highest BCUT2D eigenvalue weighted by Gasteiger charge is 2.61. The summed E-state index contributed by atoms with van der Waals surface area (Å²) in [5.74, 6) is 6.23. The fraction of sp³-hybridized carbons (Fsp3) is 0.824. The Balaban J connectivity index is 1.32. The van der Waals surface area contributed by atoms with Crippen molar-refractivity contribution in [1.82, 2.24) is 0 Å². The molecule has 0 aliphatic heterocycles. The molecule has 4 saturated carbocycles. The van der Waals surface area contributed by atoms with Gasteiger partial charge in [-0.05, 0) is 134 Å². The molecule has 4 fully saturated rings. The normalized spacial score (nSPS) is 42.2. The monoisotopic (exact) mass is 546 g/mol. The molecule has 0 bridgehead atoms. The predicted octanol–water partition coefficient (Wildman–Crippen LogP) is 10.2. The van der Waals surface area contributed by atoms with Crippen molar-refractivity contribution in [2.24, 2.45) is 58.2 Å². The minimum atomic E-state index is -0.194. The van der Waals surface area contributed by atoms with Crippen LogP contribution in [0.1, 0.15) is 111 Å². The van der Waals surface area contributed by atoms with Crippen LogP contribution in [0.4, 0.5) is 0 Å². The maximum Gasteiger partial charge on any atom is 0.0595 e. The Labute approximate surface area is 237 Å². The van der Waals surface area contributed by atoms with E-state index >= 15 is 0 Å². The summed E-state index contributed by atoms with van der Waals surface area (Å²) >= 11 is 12.6. The smallest absolute Gasteiger partial charge is 0.0595 e. The molecule has 0 aromatic heterocycles. The van der Waals surface area contributed by atoms with Crippen molar-refractivity contribution in [2.45, 2.75) is 118 Å². The first-order chi connectivity index (χ1) is 17.5. The van der Waals surface area contributed by atoms with E-state index in [-0.39, 0.29) is 6.10 Å². The zero-order chi connectivity index (χ0) is 26.5. The number of rotatable bonds is 7. The lowest BCUT2D eigenvalue weighted by Gasteiger charge is -2.63. The van der Waals surface area contributed by atoms with Crippen LogP contribution in [-0.2, 0) is 6.42 Å². The first-order valence-corrected chi connectivity index (χ1v) is 16.4. The van der Waals surface area contributed by atoms with E-state index in [2.05, 4.69) is 40.7 Å². The van der Waals surface area contributed by atoms with Gasteiger partial charge in [0.15, 0.2) is 0 Å². The van der Waals surface area contributed by atoms with E-state index in [1.54, 1.807) is 0 Å². The predicted molar refractivity (Wildman–Crippen MR) is 158 cm³/mol. The highest BCUT2D eigenvalue weighted by Crippen LogP contribution is 2.69. The van der Waals surface area contributed by atoms with Crippen LogP contribution >= 0.6 is 23.2 Å². The van der Waals surface area contributed by atoms with Gasteiger partial charge in [0.2, 0.25) is 0 Å². The molecule has 5 rings (SSSR count). The molecule has 10 atom stereocenters. The Bertz CT molecular complexity index is 944. The third-order valence-electron chi connectivity index (χ3n) is 12.6. The van der Waals surface area contributed by atoms with E-state index in [0.717, 1.165) is 48.3 Å². The van der Waals surface area contributed by atoms with Gasteiger partial charge in [-0.1, -0.05) is 83.1 Å². The highest BCUT2D eigenvalue weighted by molar-refractivity contribution is 6.42. The number of aliphatic hydroxyl groups excluding tert-OH is 1. The van der Waals surface area contributed by atoms with Crippen molar-refractivity contribution >= 4 is 23.2 Å². The van der Waals surface area contributed by atoms with Crippen molar-refractivity contribution in [2.75, 3.05) is 0 Å². The number of benzene rings is 1. The molecule has 0 heterocycles. The largest absolute Gasteiger partial charge is 0.393 e. The van der Waals surface area contributed by atoms with Crippen molar-refractivity contribution in [3.8, 4) is 0 Å². The Morgan fingerprint density at radius 1 is 0.838 bits per heavy atom. The second kappa shape index (κ2) is 11.0. The van der Waals surface area contributed by atoms with Gasteiger partial charge in [-0.3, -0.25) is 0 Å². The molecular formula is C34H52Cl2O. The number of aliphatic hydroxyl groups is 1. The third kappa shape index (κ3) is 5.17. The van der Waals surface area contributed by atoms with E-state index in [9.17, 15) is 5.11 Å². The summed E-state index contributed by atoms with van der Waals surface area (Å²) in [6.07, 6.45) is 15.6. The molecular weight excluding hydrogens is 495 g/mol. The van der Waals surface area contributed by atoms with Crippen LogP contribution in [0.25, 0.3) is 0 Å². The van der Waals surface area contributed by atoms with Crippen LogP contribution in [0, 0.1) is 58.2 Å². The first-order valence-electron chi connectivity index (χ1n) is 15.7. The van der Waals surface area contributed by atoms with Crippen molar-refractivity contribution in [3.05, 3.63) is 33.8 Å². The SMILES string of the molecule is CC(C)CCC[C@@H](C)[C@H]1CCC2C3CCC4[C@H](Cc5ccc(Cl)c(Cl)c5)[C@H](O)CC[C@]4(C)C3CC[C@@]21C. The topological polar surface area (TPSA) is 20.2 Å². The van der Waals surface area contributed by atoms with Gasteiger partial charge in [0, 0.05) is 0 Å². The van der Waals surface area contributed by atoms with Crippen molar-refractivity contribution < 1.29 is 5.11 Å². The molecule has 0 amide bonds. The molecule has 1 nitrogen and oxygen atoms in total. The Morgan fingerprint density at radius 2 is 1.54 bits per heavy atom. The van der Waals surface area contributed by atoms with E-state index in [0.29, 0.717) is 32.7 Å². The standard InChI is InChI=1S/C34H52Cl2O/c1-21(2)7-6-8-22(3)26-12-13-27-24-10-11-28-25(19-23-9-14-30(35)31(36)20-23)32(37)16-18-34(28,5)29(24)15-17-33(26,27)4/h9,14,20-22,24-29,32,37H,6-8,10-13,15-19H2,1-5H3/t22-,24?,25+,26-,27?,28?,29?,32-,33-,34+/m1/s1.